The Kier molecular flexibility index (Phi) is 4.26. The van der Waals surface area contributed by atoms with Crippen molar-refractivity contribution in [3.63, 3.8) is 0 Å². The first-order chi connectivity index (χ1) is 10.8. The number of nitrogens with one attached hydrogen (secondary N) is 1. The molecule has 0 amide bonds. The molecule has 1 aliphatic rings. The normalized spacial score (nSPS) is 18.1. The van der Waals surface area contributed by atoms with E-state index >= 15 is 0 Å². The number of rotatable bonds is 2. The average Bonchev–Trinajstić information content (AvgIpc) is 2.76. The molecule has 0 unspecified atom stereocenters. The van der Waals surface area contributed by atoms with Gasteiger partial charge in [0.05, 0.1) is 16.3 Å². The van der Waals surface area contributed by atoms with Crippen LogP contribution < -0.4 is 9.62 Å². The van der Waals surface area contributed by atoms with Gasteiger partial charge in [-0.05, 0) is 13.0 Å². The van der Waals surface area contributed by atoms with Crippen molar-refractivity contribution in [2.75, 3.05) is 30.3 Å². The highest BCUT2D eigenvalue weighted by Gasteiger charge is 2.25. The average molecular weight is 377 g/mol. The van der Waals surface area contributed by atoms with E-state index in [1.165, 1.54) is 13.3 Å². The molecular weight excluding hydrogens is 363 g/mol. The summed E-state index contributed by atoms with van der Waals surface area (Å²) in [6, 6.07) is 1.55. The van der Waals surface area contributed by atoms with Crippen molar-refractivity contribution in [1.82, 2.24) is 14.1 Å². The van der Waals surface area contributed by atoms with E-state index in [1.54, 1.807) is 10.5 Å². The van der Waals surface area contributed by atoms with Gasteiger partial charge in [0.2, 0.25) is 10.0 Å². The van der Waals surface area contributed by atoms with Crippen molar-refractivity contribution < 1.29 is 13.2 Å². The number of pyridine rings is 1. The van der Waals surface area contributed by atoms with Gasteiger partial charge < -0.3 is 4.90 Å². The second-order valence-corrected chi connectivity index (χ2v) is 7.93. The SMILES string of the molecule is CC(=O)c1cc(Cl)c2c(Cl)ncn2c1N1CCNS(=O)(=O)CC1. The van der Waals surface area contributed by atoms with Crippen LogP contribution in [0.15, 0.2) is 12.4 Å². The number of fused-ring (bicyclic) bond motifs is 1. The highest BCUT2D eigenvalue weighted by atomic mass is 35.5. The second kappa shape index (κ2) is 5.94. The standard InChI is InChI=1S/C13H14Cl2N4O3S/c1-8(20)9-6-10(14)11-12(15)16-7-19(11)13(9)18-3-2-17-23(21,22)5-4-18/h6-7,17H,2-5H2,1H3. The summed E-state index contributed by atoms with van der Waals surface area (Å²) in [4.78, 5) is 17.9. The molecule has 124 valence electrons. The van der Waals surface area contributed by atoms with Gasteiger partial charge in [-0.25, -0.2) is 18.1 Å². The molecule has 3 heterocycles. The first-order valence-corrected chi connectivity index (χ1v) is 9.29. The first kappa shape index (κ1) is 16.5. The lowest BCUT2D eigenvalue weighted by Crippen LogP contribution is -2.31. The van der Waals surface area contributed by atoms with Gasteiger partial charge in [0.15, 0.2) is 10.9 Å². The summed E-state index contributed by atoms with van der Waals surface area (Å²) in [6.07, 6.45) is 1.48. The van der Waals surface area contributed by atoms with Crippen LogP contribution in [0.3, 0.4) is 0 Å². The summed E-state index contributed by atoms with van der Waals surface area (Å²) >= 11 is 12.3. The van der Waals surface area contributed by atoms with Crippen molar-refractivity contribution in [3.05, 3.63) is 28.1 Å². The number of halogens is 2. The maximum Gasteiger partial charge on any atom is 0.213 e. The predicted octanol–water partition coefficient (Wildman–Crippen LogP) is 1.58. The largest absolute Gasteiger partial charge is 0.355 e. The molecule has 0 saturated carbocycles. The Balaban J connectivity index is 2.20. The number of anilines is 1. The molecule has 0 bridgehead atoms. The van der Waals surface area contributed by atoms with Gasteiger partial charge in [-0.3, -0.25) is 9.20 Å². The molecule has 0 atom stereocenters. The third-order valence-electron chi connectivity index (χ3n) is 3.70. The summed E-state index contributed by atoms with van der Waals surface area (Å²) in [5.74, 6) is 0.320. The molecule has 0 aliphatic carbocycles. The van der Waals surface area contributed by atoms with E-state index < -0.39 is 10.0 Å². The van der Waals surface area contributed by atoms with E-state index in [0.717, 1.165) is 0 Å². The lowest BCUT2D eigenvalue weighted by atomic mass is 10.1. The summed E-state index contributed by atoms with van der Waals surface area (Å²) in [5, 5.41) is 0.550. The summed E-state index contributed by atoms with van der Waals surface area (Å²) in [5.41, 5.74) is 0.893. The molecule has 23 heavy (non-hydrogen) atoms. The monoisotopic (exact) mass is 376 g/mol. The molecule has 0 aromatic carbocycles. The fourth-order valence-electron chi connectivity index (χ4n) is 2.63. The Morgan fingerprint density at radius 2 is 2.09 bits per heavy atom. The number of sulfonamides is 1. The number of hydrogen-bond acceptors (Lipinski definition) is 5. The van der Waals surface area contributed by atoms with Crippen LogP contribution in [0.2, 0.25) is 10.2 Å². The van der Waals surface area contributed by atoms with E-state index in [-0.39, 0.29) is 29.8 Å². The minimum atomic E-state index is -3.30. The van der Waals surface area contributed by atoms with Crippen LogP contribution >= 0.6 is 23.2 Å². The van der Waals surface area contributed by atoms with Gasteiger partial charge in [0, 0.05) is 19.6 Å². The van der Waals surface area contributed by atoms with E-state index in [2.05, 4.69) is 9.71 Å². The smallest absolute Gasteiger partial charge is 0.213 e. The zero-order valence-electron chi connectivity index (χ0n) is 12.2. The molecule has 3 rings (SSSR count). The fraction of sp³-hybridized carbons (Fsp3) is 0.385. The number of carbonyl (C=O) groups excluding carboxylic acids is 1. The van der Waals surface area contributed by atoms with E-state index in [9.17, 15) is 13.2 Å². The van der Waals surface area contributed by atoms with Crippen LogP contribution in [-0.4, -0.2) is 49.0 Å². The Bertz CT molecular complexity index is 894. The maximum absolute atomic E-state index is 12.0. The predicted molar refractivity (Wildman–Crippen MR) is 89.2 cm³/mol. The number of Topliss-reactive ketones (excluding diaryl/α,β-unsaturated/α-hetero) is 1. The zero-order valence-corrected chi connectivity index (χ0v) is 14.5. The van der Waals surface area contributed by atoms with E-state index in [1.807, 2.05) is 4.90 Å². The molecule has 7 nitrogen and oxygen atoms in total. The topological polar surface area (TPSA) is 83.8 Å². The summed E-state index contributed by atoms with van der Waals surface area (Å²) in [6.45, 7) is 2.37. The second-order valence-electron chi connectivity index (χ2n) is 5.24. The van der Waals surface area contributed by atoms with E-state index in [0.29, 0.717) is 28.5 Å². The number of nitrogens with zero attached hydrogens (tertiary/aromatic N) is 3. The lowest BCUT2D eigenvalue weighted by molar-refractivity contribution is 0.101. The molecule has 1 saturated heterocycles. The Morgan fingerprint density at radius 1 is 1.35 bits per heavy atom. The molecule has 10 heteroatoms. The molecule has 1 aliphatic heterocycles. The van der Waals surface area contributed by atoms with Gasteiger partial charge in [0.1, 0.15) is 17.7 Å². The third kappa shape index (κ3) is 3.03. The van der Waals surface area contributed by atoms with Crippen LogP contribution in [0, 0.1) is 0 Å². The zero-order chi connectivity index (χ0) is 16.8. The van der Waals surface area contributed by atoms with Gasteiger partial charge in [-0.2, -0.15) is 0 Å². The molecular formula is C13H14Cl2N4O3S. The Morgan fingerprint density at radius 3 is 2.78 bits per heavy atom. The van der Waals surface area contributed by atoms with Crippen LogP contribution in [0.5, 0.6) is 0 Å². The van der Waals surface area contributed by atoms with Crippen molar-refractivity contribution >= 4 is 50.3 Å². The Hall–Kier alpha value is -1.35. The van der Waals surface area contributed by atoms with Crippen molar-refractivity contribution in [1.29, 1.82) is 0 Å². The summed E-state index contributed by atoms with van der Waals surface area (Å²) < 4.78 is 27.6. The van der Waals surface area contributed by atoms with Crippen molar-refractivity contribution in [2.45, 2.75) is 6.92 Å². The van der Waals surface area contributed by atoms with Gasteiger partial charge in [-0.15, -0.1) is 0 Å². The quantitative estimate of drug-likeness (QED) is 0.804. The molecule has 1 fully saturated rings. The molecule has 2 aromatic rings. The van der Waals surface area contributed by atoms with Crippen molar-refractivity contribution in [2.24, 2.45) is 0 Å². The highest BCUT2D eigenvalue weighted by molar-refractivity contribution is 7.89. The van der Waals surface area contributed by atoms with Crippen LogP contribution in [0.4, 0.5) is 5.82 Å². The number of imidazole rings is 1. The minimum Gasteiger partial charge on any atom is -0.355 e. The van der Waals surface area contributed by atoms with Gasteiger partial charge in [0.25, 0.3) is 0 Å². The molecule has 2 aromatic heterocycles. The van der Waals surface area contributed by atoms with Crippen LogP contribution in [0.25, 0.3) is 5.52 Å². The molecule has 0 spiro atoms. The number of carbonyl (C=O) groups is 1. The van der Waals surface area contributed by atoms with Crippen LogP contribution in [-0.2, 0) is 10.0 Å². The van der Waals surface area contributed by atoms with Crippen molar-refractivity contribution in [3.8, 4) is 0 Å². The first-order valence-electron chi connectivity index (χ1n) is 6.88. The highest BCUT2D eigenvalue weighted by Crippen LogP contribution is 2.33. The summed E-state index contributed by atoms with van der Waals surface area (Å²) in [7, 11) is -3.30. The number of hydrogen-bond donors (Lipinski definition) is 1. The van der Waals surface area contributed by atoms with Crippen LogP contribution in [0.1, 0.15) is 17.3 Å². The fourth-order valence-corrected chi connectivity index (χ4v) is 4.22. The Labute approximate surface area is 143 Å². The van der Waals surface area contributed by atoms with E-state index in [4.69, 9.17) is 23.2 Å². The molecule has 1 N–H and O–H groups in total. The maximum atomic E-state index is 12.0. The van der Waals surface area contributed by atoms with Gasteiger partial charge >= 0.3 is 0 Å². The third-order valence-corrected chi connectivity index (χ3v) is 5.63. The minimum absolute atomic E-state index is 0.0586. The lowest BCUT2D eigenvalue weighted by Gasteiger charge is -2.25. The number of ketones is 1. The molecule has 0 radical (unpaired) electrons. The number of aromatic nitrogens is 2. The van der Waals surface area contributed by atoms with Gasteiger partial charge in [-0.1, -0.05) is 23.2 Å².